The molecule has 0 aliphatic carbocycles. The molecule has 0 spiro atoms. The van der Waals surface area contributed by atoms with Gasteiger partial charge in [0.15, 0.2) is 0 Å². The number of rotatable bonds is 9. The van der Waals surface area contributed by atoms with Gasteiger partial charge in [-0.2, -0.15) is 0 Å². The second-order valence-corrected chi connectivity index (χ2v) is 5.78. The van der Waals surface area contributed by atoms with Crippen molar-refractivity contribution in [1.29, 1.82) is 0 Å². The van der Waals surface area contributed by atoms with Crippen LogP contribution in [0.1, 0.15) is 51.0 Å². The normalized spacial score (nSPS) is 11.0. The molecule has 0 saturated heterocycles. The molecule has 1 rings (SSSR count). The van der Waals surface area contributed by atoms with Crippen molar-refractivity contribution < 1.29 is 4.79 Å². The van der Waals surface area contributed by atoms with Gasteiger partial charge in [0.25, 0.3) is 0 Å². The molecule has 104 valence electrons. The maximum atomic E-state index is 11.6. The molecule has 0 N–H and O–H groups in total. The molecule has 0 saturated carbocycles. The molecule has 0 aromatic heterocycles. The van der Waals surface area contributed by atoms with E-state index in [4.69, 9.17) is 0 Å². The molecule has 1 aromatic carbocycles. The van der Waals surface area contributed by atoms with Crippen molar-refractivity contribution in [3.63, 3.8) is 0 Å². The Morgan fingerprint density at radius 2 is 1.74 bits per heavy atom. The number of carbonyl (C=O) groups excluding carboxylic acids is 1. The van der Waals surface area contributed by atoms with Gasteiger partial charge in [0.2, 0.25) is 5.12 Å². The molecule has 0 fully saturated rings. The van der Waals surface area contributed by atoms with Gasteiger partial charge in [0.1, 0.15) is 0 Å². The first-order valence-electron chi connectivity index (χ1n) is 7.23. The Labute approximate surface area is 121 Å². The minimum absolute atomic E-state index is 0.164. The molecule has 1 aromatic rings. The Kier molecular flexibility index (Phi) is 9.17. The predicted molar refractivity (Wildman–Crippen MR) is 86.3 cm³/mol. The lowest BCUT2D eigenvalue weighted by Crippen LogP contribution is -1.89. The van der Waals surface area contributed by atoms with Crippen molar-refractivity contribution in [2.45, 2.75) is 45.4 Å². The van der Waals surface area contributed by atoms with E-state index < -0.39 is 0 Å². The summed E-state index contributed by atoms with van der Waals surface area (Å²) in [5, 5.41) is 0.164. The maximum Gasteiger partial charge on any atom is 0.212 e. The van der Waals surface area contributed by atoms with Gasteiger partial charge in [-0.15, -0.1) is 0 Å². The Hall–Kier alpha value is -1.02. The maximum absolute atomic E-state index is 11.6. The lowest BCUT2D eigenvalue weighted by Gasteiger charge is -1.99. The number of thioether (sulfide) groups is 1. The van der Waals surface area contributed by atoms with Crippen LogP contribution < -0.4 is 0 Å². The number of benzene rings is 1. The lowest BCUT2D eigenvalue weighted by molar-refractivity contribution is -0.106. The van der Waals surface area contributed by atoms with E-state index in [-0.39, 0.29) is 5.12 Å². The summed E-state index contributed by atoms with van der Waals surface area (Å²) in [6.45, 7) is 2.23. The zero-order valence-electron chi connectivity index (χ0n) is 11.8. The molecular weight excluding hydrogens is 252 g/mol. The highest BCUT2D eigenvalue weighted by Gasteiger charge is 1.97. The van der Waals surface area contributed by atoms with E-state index >= 15 is 0 Å². The van der Waals surface area contributed by atoms with Gasteiger partial charge >= 0.3 is 0 Å². The van der Waals surface area contributed by atoms with Crippen LogP contribution in [-0.4, -0.2) is 10.9 Å². The lowest BCUT2D eigenvalue weighted by atomic mass is 10.1. The molecule has 0 aliphatic rings. The van der Waals surface area contributed by atoms with E-state index in [1.54, 1.807) is 6.08 Å². The SMILES string of the molecule is CCCCCCCCSC(=O)/C=C/c1ccccc1. The van der Waals surface area contributed by atoms with E-state index in [1.165, 1.54) is 43.9 Å². The van der Waals surface area contributed by atoms with Gasteiger partial charge in [0.05, 0.1) is 0 Å². The summed E-state index contributed by atoms with van der Waals surface area (Å²) in [4.78, 5) is 11.6. The van der Waals surface area contributed by atoms with Crippen LogP contribution in [0.5, 0.6) is 0 Å². The van der Waals surface area contributed by atoms with E-state index in [9.17, 15) is 4.79 Å². The van der Waals surface area contributed by atoms with Crippen molar-refractivity contribution >= 4 is 23.0 Å². The van der Waals surface area contributed by atoms with Crippen LogP contribution in [0, 0.1) is 0 Å². The van der Waals surface area contributed by atoms with E-state index in [0.29, 0.717) is 0 Å². The zero-order chi connectivity index (χ0) is 13.8. The smallest absolute Gasteiger partial charge is 0.212 e. The third kappa shape index (κ3) is 8.66. The Bertz CT molecular complexity index is 370. The van der Waals surface area contributed by atoms with Gasteiger partial charge in [-0.3, -0.25) is 4.79 Å². The average molecular weight is 276 g/mol. The van der Waals surface area contributed by atoms with E-state index in [2.05, 4.69) is 6.92 Å². The van der Waals surface area contributed by atoms with Crippen molar-refractivity contribution in [2.24, 2.45) is 0 Å². The minimum atomic E-state index is 0.164. The molecule has 0 amide bonds. The molecule has 1 nitrogen and oxygen atoms in total. The van der Waals surface area contributed by atoms with Crippen molar-refractivity contribution in [1.82, 2.24) is 0 Å². The average Bonchev–Trinajstić information content (AvgIpc) is 2.45. The van der Waals surface area contributed by atoms with Crippen molar-refractivity contribution in [2.75, 3.05) is 5.75 Å². The summed E-state index contributed by atoms with van der Waals surface area (Å²) >= 11 is 1.43. The van der Waals surface area contributed by atoms with Crippen LogP contribution in [0.3, 0.4) is 0 Å². The van der Waals surface area contributed by atoms with Crippen LogP contribution in [0.15, 0.2) is 36.4 Å². The third-order valence-electron chi connectivity index (χ3n) is 2.95. The Morgan fingerprint density at radius 1 is 1.05 bits per heavy atom. The van der Waals surface area contributed by atoms with Crippen LogP contribution in [0.2, 0.25) is 0 Å². The van der Waals surface area contributed by atoms with E-state index in [0.717, 1.165) is 17.7 Å². The topological polar surface area (TPSA) is 17.1 Å². The summed E-state index contributed by atoms with van der Waals surface area (Å²) in [6.07, 6.45) is 11.2. The predicted octanol–water partition coefficient (Wildman–Crippen LogP) is 5.32. The monoisotopic (exact) mass is 276 g/mol. The second kappa shape index (κ2) is 10.9. The number of hydrogen-bond acceptors (Lipinski definition) is 2. The summed E-state index contributed by atoms with van der Waals surface area (Å²) in [5.41, 5.74) is 1.08. The number of unbranched alkanes of at least 4 members (excludes halogenated alkanes) is 5. The van der Waals surface area contributed by atoms with Crippen LogP contribution in [0.4, 0.5) is 0 Å². The summed E-state index contributed by atoms with van der Waals surface area (Å²) in [6, 6.07) is 9.94. The van der Waals surface area contributed by atoms with Gasteiger partial charge in [-0.05, 0) is 18.1 Å². The zero-order valence-corrected chi connectivity index (χ0v) is 12.6. The fourth-order valence-corrected chi connectivity index (χ4v) is 2.55. The fourth-order valence-electron chi connectivity index (χ4n) is 1.83. The first-order chi connectivity index (χ1) is 9.33. The van der Waals surface area contributed by atoms with Gasteiger partial charge in [-0.1, -0.05) is 87.2 Å². The van der Waals surface area contributed by atoms with Crippen LogP contribution in [-0.2, 0) is 4.79 Å². The summed E-state index contributed by atoms with van der Waals surface area (Å²) < 4.78 is 0. The standard InChI is InChI=1S/C17H24OS/c1-2-3-4-5-6-10-15-19-17(18)14-13-16-11-8-7-9-12-16/h7-9,11-14H,2-6,10,15H2,1H3/b14-13+. The molecular formula is C17H24OS. The summed E-state index contributed by atoms with van der Waals surface area (Å²) in [7, 11) is 0. The summed E-state index contributed by atoms with van der Waals surface area (Å²) in [5.74, 6) is 0.949. The first kappa shape index (κ1) is 16.0. The second-order valence-electron chi connectivity index (χ2n) is 4.68. The molecule has 0 radical (unpaired) electrons. The Balaban J connectivity index is 2.07. The van der Waals surface area contributed by atoms with E-state index in [1.807, 2.05) is 36.4 Å². The molecule has 0 unspecified atom stereocenters. The van der Waals surface area contributed by atoms with Crippen molar-refractivity contribution in [3.05, 3.63) is 42.0 Å². The fraction of sp³-hybridized carbons (Fsp3) is 0.471. The third-order valence-corrected chi connectivity index (χ3v) is 3.87. The van der Waals surface area contributed by atoms with Gasteiger partial charge in [0, 0.05) is 5.75 Å². The quantitative estimate of drug-likeness (QED) is 0.448. The largest absolute Gasteiger partial charge is 0.282 e. The molecule has 0 bridgehead atoms. The molecule has 0 heterocycles. The minimum Gasteiger partial charge on any atom is -0.282 e. The molecule has 19 heavy (non-hydrogen) atoms. The highest BCUT2D eigenvalue weighted by atomic mass is 32.2. The highest BCUT2D eigenvalue weighted by Crippen LogP contribution is 2.12. The highest BCUT2D eigenvalue weighted by molar-refractivity contribution is 8.14. The van der Waals surface area contributed by atoms with Gasteiger partial charge in [-0.25, -0.2) is 0 Å². The van der Waals surface area contributed by atoms with Gasteiger partial charge < -0.3 is 0 Å². The van der Waals surface area contributed by atoms with Crippen LogP contribution in [0.25, 0.3) is 6.08 Å². The van der Waals surface area contributed by atoms with Crippen LogP contribution >= 0.6 is 11.8 Å². The Morgan fingerprint density at radius 3 is 2.47 bits per heavy atom. The number of carbonyl (C=O) groups is 1. The van der Waals surface area contributed by atoms with Crippen molar-refractivity contribution in [3.8, 4) is 0 Å². The molecule has 0 aliphatic heterocycles. The molecule has 2 heteroatoms. The number of hydrogen-bond donors (Lipinski definition) is 0. The first-order valence-corrected chi connectivity index (χ1v) is 8.21. The molecule has 0 atom stereocenters.